The lowest BCUT2D eigenvalue weighted by Crippen LogP contribution is -2.28. The van der Waals surface area contributed by atoms with Crippen molar-refractivity contribution in [1.82, 2.24) is 10.3 Å². The zero-order valence-corrected chi connectivity index (χ0v) is 15.2. The quantitative estimate of drug-likeness (QED) is 0.751. The molecule has 0 aliphatic heterocycles. The molecule has 0 bridgehead atoms. The molecule has 1 atom stereocenters. The monoisotopic (exact) mass is 365 g/mol. The molecular weight excluding hydrogens is 342 g/mol. The van der Waals surface area contributed by atoms with E-state index in [2.05, 4.69) is 10.3 Å². The van der Waals surface area contributed by atoms with Crippen LogP contribution in [-0.4, -0.2) is 24.5 Å². The zero-order valence-electron chi connectivity index (χ0n) is 14.4. The van der Waals surface area contributed by atoms with Gasteiger partial charge in [-0.15, -0.1) is 12.4 Å². The van der Waals surface area contributed by atoms with Gasteiger partial charge in [-0.05, 0) is 42.3 Å². The summed E-state index contributed by atoms with van der Waals surface area (Å²) in [5.41, 5.74) is 7.35. The normalized spacial score (nSPS) is 11.2. The summed E-state index contributed by atoms with van der Waals surface area (Å²) in [4.78, 5) is 15.6. The smallest absolute Gasteiger partial charge is 0.221 e. The van der Waals surface area contributed by atoms with Crippen molar-refractivity contribution in [1.29, 1.82) is 0 Å². The fourth-order valence-corrected chi connectivity index (χ4v) is 2.24. The second-order valence-corrected chi connectivity index (χ2v) is 5.38. The first-order valence-electron chi connectivity index (χ1n) is 7.83. The molecule has 0 fully saturated rings. The van der Waals surface area contributed by atoms with Gasteiger partial charge in [0.05, 0.1) is 13.2 Å². The Morgan fingerprint density at radius 2 is 1.96 bits per heavy atom. The second-order valence-electron chi connectivity index (χ2n) is 5.38. The van der Waals surface area contributed by atoms with E-state index in [1.165, 1.54) is 0 Å². The predicted octanol–water partition coefficient (Wildman–Crippen LogP) is 2.62. The molecule has 0 radical (unpaired) electrons. The van der Waals surface area contributed by atoms with Crippen LogP contribution in [0.3, 0.4) is 0 Å². The summed E-state index contributed by atoms with van der Waals surface area (Å²) in [6.45, 7) is 2.69. The van der Waals surface area contributed by atoms with Crippen molar-refractivity contribution >= 4 is 18.3 Å². The minimum Gasteiger partial charge on any atom is -0.493 e. The van der Waals surface area contributed by atoms with Crippen LogP contribution in [0.4, 0.5) is 0 Å². The Bertz CT molecular complexity index is 668. The van der Waals surface area contributed by atoms with Gasteiger partial charge < -0.3 is 20.5 Å². The van der Waals surface area contributed by atoms with Crippen LogP contribution in [0.25, 0.3) is 0 Å². The van der Waals surface area contributed by atoms with Crippen LogP contribution in [0.15, 0.2) is 42.7 Å². The summed E-state index contributed by atoms with van der Waals surface area (Å²) < 4.78 is 11.2. The van der Waals surface area contributed by atoms with Gasteiger partial charge in [0.2, 0.25) is 5.91 Å². The Morgan fingerprint density at radius 1 is 1.24 bits per heavy atom. The SMILES string of the molecule is COc1cc(C(C)NC(=O)CCN)ccc1OCc1ccncc1.Cl. The van der Waals surface area contributed by atoms with Crippen molar-refractivity contribution in [2.75, 3.05) is 13.7 Å². The molecule has 6 nitrogen and oxygen atoms in total. The van der Waals surface area contributed by atoms with Crippen LogP contribution in [0.1, 0.15) is 30.5 Å². The van der Waals surface area contributed by atoms with Gasteiger partial charge in [-0.25, -0.2) is 0 Å². The fourth-order valence-electron chi connectivity index (χ4n) is 2.24. The number of aromatic nitrogens is 1. The Labute approximate surface area is 154 Å². The lowest BCUT2D eigenvalue weighted by molar-refractivity contribution is -0.121. The van der Waals surface area contributed by atoms with Crippen LogP contribution in [-0.2, 0) is 11.4 Å². The molecule has 1 aromatic carbocycles. The third-order valence-corrected chi connectivity index (χ3v) is 3.58. The maximum absolute atomic E-state index is 11.7. The van der Waals surface area contributed by atoms with Gasteiger partial charge in [0.15, 0.2) is 11.5 Å². The number of rotatable bonds is 8. The van der Waals surface area contributed by atoms with Crippen molar-refractivity contribution in [2.45, 2.75) is 26.0 Å². The van der Waals surface area contributed by atoms with Crippen molar-refractivity contribution < 1.29 is 14.3 Å². The summed E-state index contributed by atoms with van der Waals surface area (Å²) in [5, 5.41) is 2.90. The Morgan fingerprint density at radius 3 is 2.60 bits per heavy atom. The largest absolute Gasteiger partial charge is 0.493 e. The number of pyridine rings is 1. The minimum absolute atomic E-state index is 0. The number of nitrogens with two attached hydrogens (primary N) is 1. The zero-order chi connectivity index (χ0) is 17.4. The summed E-state index contributed by atoms with van der Waals surface area (Å²) >= 11 is 0. The minimum atomic E-state index is -0.132. The van der Waals surface area contributed by atoms with E-state index in [1.807, 2.05) is 37.3 Å². The van der Waals surface area contributed by atoms with Crippen LogP contribution in [0.2, 0.25) is 0 Å². The highest BCUT2D eigenvalue weighted by Crippen LogP contribution is 2.31. The highest BCUT2D eigenvalue weighted by atomic mass is 35.5. The first kappa shape index (κ1) is 20.7. The van der Waals surface area contributed by atoms with Crippen LogP contribution >= 0.6 is 12.4 Å². The van der Waals surface area contributed by atoms with Gasteiger partial charge in [0.25, 0.3) is 0 Å². The first-order valence-corrected chi connectivity index (χ1v) is 7.83. The number of carbonyl (C=O) groups is 1. The van der Waals surface area contributed by atoms with Gasteiger partial charge in [-0.2, -0.15) is 0 Å². The van der Waals surface area contributed by atoms with E-state index in [-0.39, 0.29) is 24.4 Å². The second kappa shape index (κ2) is 10.5. The molecule has 1 heterocycles. The molecule has 0 spiro atoms. The maximum Gasteiger partial charge on any atom is 0.221 e. The molecule has 3 N–H and O–H groups in total. The number of benzene rings is 1. The topological polar surface area (TPSA) is 86.5 Å². The van der Waals surface area contributed by atoms with Gasteiger partial charge in [-0.3, -0.25) is 9.78 Å². The van der Waals surface area contributed by atoms with Gasteiger partial charge in [0.1, 0.15) is 6.61 Å². The molecule has 25 heavy (non-hydrogen) atoms. The molecule has 136 valence electrons. The highest BCUT2D eigenvalue weighted by molar-refractivity contribution is 5.85. The highest BCUT2D eigenvalue weighted by Gasteiger charge is 2.13. The number of nitrogens with one attached hydrogen (secondary N) is 1. The molecule has 0 aliphatic carbocycles. The molecule has 1 aromatic heterocycles. The number of carbonyl (C=O) groups excluding carboxylic acids is 1. The van der Waals surface area contributed by atoms with Crippen molar-refractivity contribution in [2.24, 2.45) is 5.73 Å². The lowest BCUT2D eigenvalue weighted by Gasteiger charge is -2.17. The van der Waals surface area contributed by atoms with E-state index in [4.69, 9.17) is 15.2 Å². The standard InChI is InChI=1S/C18H23N3O3.ClH/c1-13(21-18(22)5-8-19)15-3-4-16(17(11-15)23-2)24-12-14-6-9-20-10-7-14;/h3-4,6-7,9-11,13H,5,8,12,19H2,1-2H3,(H,21,22);1H. The van der Waals surface area contributed by atoms with Crippen LogP contribution in [0.5, 0.6) is 11.5 Å². The van der Waals surface area contributed by atoms with Gasteiger partial charge in [-0.1, -0.05) is 6.07 Å². The maximum atomic E-state index is 11.7. The average Bonchev–Trinajstić information content (AvgIpc) is 2.60. The number of halogens is 1. The number of amides is 1. The lowest BCUT2D eigenvalue weighted by atomic mass is 10.1. The van der Waals surface area contributed by atoms with Crippen molar-refractivity contribution in [3.63, 3.8) is 0 Å². The average molecular weight is 366 g/mol. The number of nitrogens with zero attached hydrogens (tertiary/aromatic N) is 1. The van der Waals surface area contributed by atoms with E-state index in [1.54, 1.807) is 19.5 Å². The van der Waals surface area contributed by atoms with E-state index in [0.29, 0.717) is 31.1 Å². The Hall–Kier alpha value is -2.31. The Balaban J connectivity index is 0.00000312. The number of methoxy groups -OCH3 is 1. The summed E-state index contributed by atoms with van der Waals surface area (Å²) in [7, 11) is 1.59. The number of hydrogen-bond donors (Lipinski definition) is 2. The molecule has 1 amide bonds. The molecule has 2 rings (SSSR count). The molecule has 1 unspecified atom stereocenters. The third-order valence-electron chi connectivity index (χ3n) is 3.58. The molecule has 0 saturated carbocycles. The molecule has 0 saturated heterocycles. The molecule has 0 aliphatic rings. The predicted molar refractivity (Wildman–Crippen MR) is 99.0 cm³/mol. The summed E-state index contributed by atoms with van der Waals surface area (Å²) in [6.07, 6.45) is 3.77. The fraction of sp³-hybridized carbons (Fsp3) is 0.333. The van der Waals surface area contributed by atoms with E-state index >= 15 is 0 Å². The van der Waals surface area contributed by atoms with Gasteiger partial charge >= 0.3 is 0 Å². The van der Waals surface area contributed by atoms with Crippen LogP contribution in [0, 0.1) is 0 Å². The molecule has 2 aromatic rings. The summed E-state index contributed by atoms with van der Waals surface area (Å²) in [5.74, 6) is 1.21. The molecular formula is C18H24ClN3O3. The van der Waals surface area contributed by atoms with Gasteiger partial charge in [0, 0.05) is 25.4 Å². The van der Waals surface area contributed by atoms with Crippen molar-refractivity contribution in [3.05, 3.63) is 53.9 Å². The van der Waals surface area contributed by atoms with E-state index < -0.39 is 0 Å². The summed E-state index contributed by atoms with van der Waals surface area (Å²) in [6, 6.07) is 9.30. The van der Waals surface area contributed by atoms with E-state index in [9.17, 15) is 4.79 Å². The molecule has 7 heteroatoms. The van der Waals surface area contributed by atoms with Crippen molar-refractivity contribution in [3.8, 4) is 11.5 Å². The first-order chi connectivity index (χ1) is 11.6. The van der Waals surface area contributed by atoms with Crippen LogP contribution < -0.4 is 20.5 Å². The third kappa shape index (κ3) is 6.25. The van der Waals surface area contributed by atoms with E-state index in [0.717, 1.165) is 11.1 Å². The Kier molecular flexibility index (Phi) is 8.74. The number of ether oxygens (including phenoxy) is 2. The number of hydrogen-bond acceptors (Lipinski definition) is 5.